The number of nitrogens with zero attached hydrogens (tertiary/aromatic N) is 1. The highest BCUT2D eigenvalue weighted by Crippen LogP contribution is 2.13. The van der Waals surface area contributed by atoms with Crippen molar-refractivity contribution in [3.05, 3.63) is 23.9 Å². The lowest BCUT2D eigenvalue weighted by Crippen LogP contribution is -2.16. The lowest BCUT2D eigenvalue weighted by molar-refractivity contribution is 0.613. The van der Waals surface area contributed by atoms with Crippen molar-refractivity contribution in [1.29, 1.82) is 0 Å². The molecule has 1 heterocycles. The highest BCUT2D eigenvalue weighted by atomic mass is 15.0. The van der Waals surface area contributed by atoms with Gasteiger partial charge in [-0.25, -0.2) is 4.98 Å². The van der Waals surface area contributed by atoms with Crippen LogP contribution in [0.2, 0.25) is 0 Å². The molecular weight excluding hydrogens is 184 g/mol. The van der Waals surface area contributed by atoms with Crippen molar-refractivity contribution < 1.29 is 0 Å². The zero-order valence-electron chi connectivity index (χ0n) is 10.1. The SMILES string of the molecule is CCCCCC(C)Nc1ncccc1C. The van der Waals surface area contributed by atoms with Crippen LogP contribution in [0.25, 0.3) is 0 Å². The summed E-state index contributed by atoms with van der Waals surface area (Å²) in [5, 5.41) is 3.46. The first-order valence-corrected chi connectivity index (χ1v) is 5.92. The summed E-state index contributed by atoms with van der Waals surface area (Å²) in [6.45, 7) is 6.55. The van der Waals surface area contributed by atoms with Crippen molar-refractivity contribution in [2.24, 2.45) is 0 Å². The molecule has 0 radical (unpaired) electrons. The Morgan fingerprint density at radius 2 is 2.20 bits per heavy atom. The Bertz CT molecular complexity index is 284. The van der Waals surface area contributed by atoms with E-state index in [2.05, 4.69) is 37.1 Å². The van der Waals surface area contributed by atoms with Crippen LogP contribution < -0.4 is 5.32 Å². The van der Waals surface area contributed by atoms with E-state index in [1.807, 2.05) is 12.3 Å². The average molecular weight is 206 g/mol. The summed E-state index contributed by atoms with van der Waals surface area (Å²) >= 11 is 0. The predicted octanol–water partition coefficient (Wildman–Crippen LogP) is 3.77. The fraction of sp³-hybridized carbons (Fsp3) is 0.615. The lowest BCUT2D eigenvalue weighted by Gasteiger charge is -2.15. The molecule has 0 fully saturated rings. The molecule has 0 saturated carbocycles. The van der Waals surface area contributed by atoms with Gasteiger partial charge in [0.25, 0.3) is 0 Å². The van der Waals surface area contributed by atoms with Crippen LogP contribution in [0.1, 0.15) is 45.1 Å². The number of nitrogens with one attached hydrogen (secondary N) is 1. The molecule has 0 amide bonds. The normalized spacial score (nSPS) is 12.5. The van der Waals surface area contributed by atoms with Crippen molar-refractivity contribution in [2.75, 3.05) is 5.32 Å². The summed E-state index contributed by atoms with van der Waals surface area (Å²) in [5.74, 6) is 1.03. The average Bonchev–Trinajstić information content (AvgIpc) is 2.22. The minimum atomic E-state index is 0.519. The third kappa shape index (κ3) is 4.32. The topological polar surface area (TPSA) is 24.9 Å². The second-order valence-corrected chi connectivity index (χ2v) is 4.21. The van der Waals surface area contributed by atoms with Crippen LogP contribution in [0, 0.1) is 6.92 Å². The molecule has 0 bridgehead atoms. The summed E-state index contributed by atoms with van der Waals surface area (Å²) in [4.78, 5) is 4.34. The Morgan fingerprint density at radius 3 is 2.87 bits per heavy atom. The number of hydrogen-bond acceptors (Lipinski definition) is 2. The van der Waals surface area contributed by atoms with E-state index in [9.17, 15) is 0 Å². The monoisotopic (exact) mass is 206 g/mol. The number of aryl methyl sites for hydroxylation is 1. The van der Waals surface area contributed by atoms with Crippen molar-refractivity contribution in [3.63, 3.8) is 0 Å². The molecule has 1 N–H and O–H groups in total. The Balaban J connectivity index is 2.37. The van der Waals surface area contributed by atoms with Crippen LogP contribution in [-0.4, -0.2) is 11.0 Å². The van der Waals surface area contributed by atoms with E-state index in [0.29, 0.717) is 6.04 Å². The van der Waals surface area contributed by atoms with E-state index >= 15 is 0 Å². The molecule has 0 aliphatic carbocycles. The van der Waals surface area contributed by atoms with Gasteiger partial charge in [-0.15, -0.1) is 0 Å². The molecule has 0 aliphatic heterocycles. The van der Waals surface area contributed by atoms with Crippen LogP contribution in [0.5, 0.6) is 0 Å². The molecule has 0 spiro atoms. The Morgan fingerprint density at radius 1 is 1.40 bits per heavy atom. The molecule has 2 heteroatoms. The van der Waals surface area contributed by atoms with E-state index < -0.39 is 0 Å². The maximum absolute atomic E-state index is 4.34. The third-order valence-electron chi connectivity index (χ3n) is 2.63. The molecule has 1 aromatic heterocycles. The fourth-order valence-corrected chi connectivity index (χ4v) is 1.64. The summed E-state index contributed by atoms with van der Waals surface area (Å²) in [6.07, 6.45) is 6.98. The highest BCUT2D eigenvalue weighted by molar-refractivity contribution is 5.43. The molecule has 1 unspecified atom stereocenters. The maximum atomic E-state index is 4.34. The smallest absolute Gasteiger partial charge is 0.129 e. The highest BCUT2D eigenvalue weighted by Gasteiger charge is 2.03. The summed E-state index contributed by atoms with van der Waals surface area (Å²) < 4.78 is 0. The Hall–Kier alpha value is -1.05. The summed E-state index contributed by atoms with van der Waals surface area (Å²) in [6, 6.07) is 4.58. The van der Waals surface area contributed by atoms with Gasteiger partial charge in [-0.05, 0) is 31.9 Å². The van der Waals surface area contributed by atoms with Gasteiger partial charge in [0.1, 0.15) is 5.82 Å². The van der Waals surface area contributed by atoms with E-state index in [0.717, 1.165) is 5.82 Å². The molecule has 1 rings (SSSR count). The molecule has 0 aromatic carbocycles. The van der Waals surface area contributed by atoms with E-state index in [-0.39, 0.29) is 0 Å². The zero-order chi connectivity index (χ0) is 11.1. The van der Waals surface area contributed by atoms with E-state index in [1.165, 1.54) is 31.2 Å². The first-order valence-electron chi connectivity index (χ1n) is 5.92. The van der Waals surface area contributed by atoms with Gasteiger partial charge in [-0.2, -0.15) is 0 Å². The van der Waals surface area contributed by atoms with Crippen molar-refractivity contribution >= 4 is 5.82 Å². The second-order valence-electron chi connectivity index (χ2n) is 4.21. The number of rotatable bonds is 6. The minimum absolute atomic E-state index is 0.519. The number of unbranched alkanes of at least 4 members (excludes halogenated alkanes) is 2. The van der Waals surface area contributed by atoms with Gasteiger partial charge in [0.05, 0.1) is 0 Å². The molecule has 2 nitrogen and oxygen atoms in total. The maximum Gasteiger partial charge on any atom is 0.129 e. The van der Waals surface area contributed by atoms with Crippen LogP contribution in [0.4, 0.5) is 5.82 Å². The molecule has 1 atom stereocenters. The quantitative estimate of drug-likeness (QED) is 0.717. The summed E-state index contributed by atoms with van der Waals surface area (Å²) in [5.41, 5.74) is 1.22. The first kappa shape index (κ1) is 12.0. The van der Waals surface area contributed by atoms with Crippen LogP contribution in [0.3, 0.4) is 0 Å². The number of hydrogen-bond donors (Lipinski definition) is 1. The number of pyridine rings is 1. The van der Waals surface area contributed by atoms with Gasteiger partial charge in [0.2, 0.25) is 0 Å². The predicted molar refractivity (Wildman–Crippen MR) is 66.2 cm³/mol. The standard InChI is InChI=1S/C13H22N2/c1-4-5-6-9-12(3)15-13-11(2)8-7-10-14-13/h7-8,10,12H,4-6,9H2,1-3H3,(H,14,15). The van der Waals surface area contributed by atoms with Gasteiger partial charge in [0.15, 0.2) is 0 Å². The van der Waals surface area contributed by atoms with Gasteiger partial charge in [0, 0.05) is 12.2 Å². The second kappa shape index (κ2) is 6.44. The van der Waals surface area contributed by atoms with E-state index in [4.69, 9.17) is 0 Å². The third-order valence-corrected chi connectivity index (χ3v) is 2.63. The van der Waals surface area contributed by atoms with Gasteiger partial charge in [-0.3, -0.25) is 0 Å². The lowest BCUT2D eigenvalue weighted by atomic mass is 10.1. The number of anilines is 1. The minimum Gasteiger partial charge on any atom is -0.367 e. The van der Waals surface area contributed by atoms with Gasteiger partial charge >= 0.3 is 0 Å². The zero-order valence-corrected chi connectivity index (χ0v) is 10.1. The van der Waals surface area contributed by atoms with Crippen LogP contribution in [-0.2, 0) is 0 Å². The molecule has 1 aromatic rings. The van der Waals surface area contributed by atoms with Gasteiger partial charge in [-0.1, -0.05) is 32.3 Å². The van der Waals surface area contributed by atoms with E-state index in [1.54, 1.807) is 0 Å². The van der Waals surface area contributed by atoms with Crippen LogP contribution >= 0.6 is 0 Å². The largest absolute Gasteiger partial charge is 0.367 e. The first-order chi connectivity index (χ1) is 7.24. The van der Waals surface area contributed by atoms with Crippen molar-refractivity contribution in [3.8, 4) is 0 Å². The number of aromatic nitrogens is 1. The summed E-state index contributed by atoms with van der Waals surface area (Å²) in [7, 11) is 0. The fourth-order valence-electron chi connectivity index (χ4n) is 1.64. The van der Waals surface area contributed by atoms with Crippen LogP contribution in [0.15, 0.2) is 18.3 Å². The van der Waals surface area contributed by atoms with Gasteiger partial charge < -0.3 is 5.32 Å². The molecule has 84 valence electrons. The Labute approximate surface area is 93.1 Å². The Kier molecular flexibility index (Phi) is 5.16. The molecule has 0 saturated heterocycles. The molecule has 0 aliphatic rings. The van der Waals surface area contributed by atoms with Crippen molar-refractivity contribution in [2.45, 2.75) is 52.5 Å². The molecular formula is C13H22N2. The molecule has 15 heavy (non-hydrogen) atoms. The van der Waals surface area contributed by atoms with Crippen molar-refractivity contribution in [1.82, 2.24) is 4.98 Å².